The topological polar surface area (TPSA) is 17.8 Å². The molecule has 1 atom stereocenters. The highest BCUT2D eigenvalue weighted by Crippen LogP contribution is 2.30. The predicted molar refractivity (Wildman–Crippen MR) is 90.5 cm³/mol. The van der Waals surface area contributed by atoms with Crippen LogP contribution in [0.3, 0.4) is 0 Å². The fourth-order valence-electron chi connectivity index (χ4n) is 2.50. The average molecular weight is 337 g/mol. The molecule has 0 N–H and O–H groups in total. The minimum atomic E-state index is 0.324. The van der Waals surface area contributed by atoms with Crippen LogP contribution in [0.25, 0.3) is 10.9 Å². The van der Waals surface area contributed by atoms with Gasteiger partial charge >= 0.3 is 0 Å². The van der Waals surface area contributed by atoms with Gasteiger partial charge in [-0.1, -0.05) is 54.9 Å². The van der Waals surface area contributed by atoms with Crippen molar-refractivity contribution in [1.29, 1.82) is 0 Å². The zero-order valence-corrected chi connectivity index (χ0v) is 14.6. The second-order valence-corrected chi connectivity index (χ2v) is 7.61. The third kappa shape index (κ3) is 3.43. The molecule has 0 fully saturated rings. The zero-order chi connectivity index (χ0) is 14.8. The first-order valence-corrected chi connectivity index (χ1v) is 8.43. The number of alkyl halides is 1. The Kier molecular flexibility index (Phi) is 4.90. The molecular weight excluding hydrogens is 312 g/mol. The van der Waals surface area contributed by atoms with Crippen molar-refractivity contribution < 1.29 is 0 Å². The van der Waals surface area contributed by atoms with E-state index in [9.17, 15) is 0 Å². The van der Waals surface area contributed by atoms with Crippen LogP contribution in [0.5, 0.6) is 0 Å². The second-order valence-electron chi connectivity index (χ2n) is 6.51. The van der Waals surface area contributed by atoms with Gasteiger partial charge in [0.15, 0.2) is 0 Å². The monoisotopic (exact) mass is 336 g/mol. The highest BCUT2D eigenvalue weighted by Gasteiger charge is 2.21. The summed E-state index contributed by atoms with van der Waals surface area (Å²) in [7, 11) is 0. The zero-order valence-electron chi connectivity index (χ0n) is 13.0. The summed E-state index contributed by atoms with van der Waals surface area (Å²) < 4.78 is 2.11. The third-order valence-corrected chi connectivity index (χ3v) is 5.68. The molecule has 20 heavy (non-hydrogen) atoms. The Balaban J connectivity index is 2.07. The summed E-state index contributed by atoms with van der Waals surface area (Å²) >= 11 is 3.81. The van der Waals surface area contributed by atoms with Crippen LogP contribution >= 0.6 is 15.9 Å². The molecule has 0 spiro atoms. The minimum absolute atomic E-state index is 0.324. The lowest BCUT2D eigenvalue weighted by atomic mass is 9.89. The van der Waals surface area contributed by atoms with Crippen molar-refractivity contribution in [3.05, 3.63) is 30.0 Å². The van der Waals surface area contributed by atoms with E-state index in [1.807, 2.05) is 0 Å². The van der Waals surface area contributed by atoms with Gasteiger partial charge in [0, 0.05) is 16.8 Å². The summed E-state index contributed by atoms with van der Waals surface area (Å²) in [5.74, 6) is 0. The van der Waals surface area contributed by atoms with Crippen LogP contribution in [0.4, 0.5) is 0 Å². The van der Waals surface area contributed by atoms with E-state index in [-0.39, 0.29) is 0 Å². The van der Waals surface area contributed by atoms with Gasteiger partial charge in [0.1, 0.15) is 0 Å². The molecule has 110 valence electrons. The number of nitrogens with zero attached hydrogens (tertiary/aromatic N) is 2. The highest BCUT2D eigenvalue weighted by atomic mass is 79.9. The van der Waals surface area contributed by atoms with Gasteiger partial charge in [-0.25, -0.2) is 0 Å². The second kappa shape index (κ2) is 6.30. The fourth-order valence-corrected chi connectivity index (χ4v) is 2.83. The Bertz CT molecular complexity index is 566. The van der Waals surface area contributed by atoms with Crippen LogP contribution in [0.2, 0.25) is 0 Å². The smallest absolute Gasteiger partial charge is 0.0703 e. The van der Waals surface area contributed by atoms with Crippen LogP contribution in [0, 0.1) is 5.41 Å². The molecule has 0 saturated carbocycles. The first-order chi connectivity index (χ1) is 9.43. The molecule has 0 bridgehead atoms. The number of hydrogen-bond donors (Lipinski definition) is 0. The van der Waals surface area contributed by atoms with Crippen LogP contribution in [-0.4, -0.2) is 14.6 Å². The number of rotatable bonds is 5. The minimum Gasteiger partial charge on any atom is -0.265 e. The number of benzene rings is 1. The molecule has 2 aromatic rings. The Morgan fingerprint density at radius 1 is 1.25 bits per heavy atom. The lowest BCUT2D eigenvalue weighted by Gasteiger charge is -2.25. The van der Waals surface area contributed by atoms with Crippen molar-refractivity contribution >= 4 is 26.8 Å². The van der Waals surface area contributed by atoms with Gasteiger partial charge < -0.3 is 0 Å². The largest absolute Gasteiger partial charge is 0.265 e. The normalized spacial score (nSPS) is 13.8. The van der Waals surface area contributed by atoms with Gasteiger partial charge in [0.2, 0.25) is 0 Å². The van der Waals surface area contributed by atoms with Crippen LogP contribution in [-0.2, 0) is 13.0 Å². The van der Waals surface area contributed by atoms with Gasteiger partial charge in [-0.2, -0.15) is 5.10 Å². The molecule has 0 aliphatic rings. The number of halogens is 1. The van der Waals surface area contributed by atoms with E-state index in [0.717, 1.165) is 13.0 Å². The quantitative estimate of drug-likeness (QED) is 0.687. The Labute approximate surface area is 130 Å². The molecule has 0 radical (unpaired) electrons. The number of aromatic nitrogens is 2. The molecule has 0 aliphatic heterocycles. The van der Waals surface area contributed by atoms with Crippen molar-refractivity contribution in [1.82, 2.24) is 9.78 Å². The molecule has 3 heteroatoms. The first-order valence-electron chi connectivity index (χ1n) is 7.52. The van der Waals surface area contributed by atoms with Gasteiger partial charge in [0.25, 0.3) is 0 Å². The summed E-state index contributed by atoms with van der Waals surface area (Å²) in [6.45, 7) is 9.94. The maximum atomic E-state index is 4.77. The summed E-state index contributed by atoms with van der Waals surface area (Å²) in [4.78, 5) is 0.564. The number of aryl methyl sites for hydroxylation is 2. The molecule has 0 saturated heterocycles. The lowest BCUT2D eigenvalue weighted by Crippen LogP contribution is -2.20. The maximum absolute atomic E-state index is 4.77. The van der Waals surface area contributed by atoms with E-state index in [1.165, 1.54) is 29.4 Å². The summed E-state index contributed by atoms with van der Waals surface area (Å²) in [5.41, 5.74) is 2.83. The van der Waals surface area contributed by atoms with Gasteiger partial charge in [-0.05, 0) is 37.7 Å². The molecule has 2 nitrogen and oxygen atoms in total. The number of fused-ring (bicyclic) bond motifs is 1. The van der Waals surface area contributed by atoms with Crippen LogP contribution in [0.15, 0.2) is 24.3 Å². The van der Waals surface area contributed by atoms with Gasteiger partial charge in [-0.15, -0.1) is 0 Å². The Morgan fingerprint density at radius 3 is 2.60 bits per heavy atom. The highest BCUT2D eigenvalue weighted by molar-refractivity contribution is 9.09. The van der Waals surface area contributed by atoms with Gasteiger partial charge in [-0.3, -0.25) is 4.68 Å². The summed E-state index contributed by atoms with van der Waals surface area (Å²) in [5, 5.41) is 6.08. The molecule has 1 aromatic heterocycles. The average Bonchev–Trinajstić information content (AvgIpc) is 2.76. The van der Waals surface area contributed by atoms with Crippen LogP contribution < -0.4 is 0 Å². The molecule has 0 aliphatic carbocycles. The molecule has 0 amide bonds. The first kappa shape index (κ1) is 15.6. The standard InChI is InChI=1S/C17H25BrN2/c1-5-20-15-11-7-6-9-13(15)14(19-20)10-8-12-16(18)17(2,3)4/h6-7,9,11,16H,5,8,10,12H2,1-4H3. The Morgan fingerprint density at radius 2 is 1.95 bits per heavy atom. The molecule has 2 rings (SSSR count). The predicted octanol–water partition coefficient (Wildman–Crippen LogP) is 5.19. The van der Waals surface area contributed by atoms with E-state index in [0.29, 0.717) is 10.2 Å². The van der Waals surface area contributed by atoms with Gasteiger partial charge in [0.05, 0.1) is 11.2 Å². The van der Waals surface area contributed by atoms with Crippen LogP contribution in [0.1, 0.15) is 46.2 Å². The Hall–Kier alpha value is -0.830. The molecule has 1 aromatic carbocycles. The summed E-state index contributed by atoms with van der Waals surface area (Å²) in [6, 6.07) is 8.56. The maximum Gasteiger partial charge on any atom is 0.0703 e. The third-order valence-electron chi connectivity index (χ3n) is 3.84. The molecule has 1 heterocycles. The van der Waals surface area contributed by atoms with E-state index in [4.69, 9.17) is 5.10 Å². The van der Waals surface area contributed by atoms with Crippen molar-refractivity contribution in [2.75, 3.05) is 0 Å². The van der Waals surface area contributed by atoms with Crippen molar-refractivity contribution in [3.8, 4) is 0 Å². The van der Waals surface area contributed by atoms with E-state index < -0.39 is 0 Å². The number of hydrogen-bond acceptors (Lipinski definition) is 1. The van der Waals surface area contributed by atoms with Crippen molar-refractivity contribution in [2.45, 2.75) is 58.3 Å². The SMILES string of the molecule is CCn1nc(CCCC(Br)C(C)(C)C)c2ccccc21. The summed E-state index contributed by atoms with van der Waals surface area (Å²) in [6.07, 6.45) is 3.43. The lowest BCUT2D eigenvalue weighted by molar-refractivity contribution is 0.380. The van der Waals surface area contributed by atoms with Crippen molar-refractivity contribution in [3.63, 3.8) is 0 Å². The van der Waals surface area contributed by atoms with Crippen molar-refractivity contribution in [2.24, 2.45) is 5.41 Å². The number of para-hydroxylation sites is 1. The van der Waals surface area contributed by atoms with E-state index >= 15 is 0 Å². The fraction of sp³-hybridized carbons (Fsp3) is 0.588. The molecule has 1 unspecified atom stereocenters. The van der Waals surface area contributed by atoms with E-state index in [2.05, 4.69) is 72.6 Å². The molecular formula is C17H25BrN2. The van der Waals surface area contributed by atoms with E-state index in [1.54, 1.807) is 0 Å².